The Morgan fingerprint density at radius 1 is 1.18 bits per heavy atom. The molecule has 0 aromatic heterocycles. The molecule has 0 N–H and O–H groups in total. The van der Waals surface area contributed by atoms with E-state index in [9.17, 15) is 0 Å². The molecule has 17 heavy (non-hydrogen) atoms. The zero-order valence-electron chi connectivity index (χ0n) is 9.87. The van der Waals surface area contributed by atoms with E-state index in [1.165, 1.54) is 10.8 Å². The quantitative estimate of drug-likeness (QED) is 0.724. The molecule has 0 saturated heterocycles. The Morgan fingerprint density at radius 2 is 1.88 bits per heavy atom. The number of hydrogen-bond acceptors (Lipinski definition) is 1. The molecule has 2 rings (SSSR count). The Hall–Kier alpha value is -1.28. The van der Waals surface area contributed by atoms with Gasteiger partial charge in [-0.15, -0.1) is 6.58 Å². The summed E-state index contributed by atoms with van der Waals surface area (Å²) in [6, 6.07) is 12.4. The molecule has 0 aliphatic carbocycles. The van der Waals surface area contributed by atoms with Gasteiger partial charge >= 0.3 is 0 Å². The van der Waals surface area contributed by atoms with Gasteiger partial charge in [0.05, 0.1) is 6.61 Å². The van der Waals surface area contributed by atoms with Crippen molar-refractivity contribution < 1.29 is 4.74 Å². The highest BCUT2D eigenvalue weighted by molar-refractivity contribution is 9.10. The molecule has 0 aliphatic rings. The number of ether oxygens (including phenoxy) is 1. The summed E-state index contributed by atoms with van der Waals surface area (Å²) < 4.78 is 6.78. The van der Waals surface area contributed by atoms with Crippen LogP contribution in [0.25, 0.3) is 10.8 Å². The predicted molar refractivity (Wildman–Crippen MR) is 76.6 cm³/mol. The minimum Gasteiger partial charge on any atom is -0.493 e. The molecule has 0 atom stereocenters. The van der Waals surface area contributed by atoms with Gasteiger partial charge in [0.25, 0.3) is 0 Å². The highest BCUT2D eigenvalue weighted by Gasteiger charge is 1.98. The van der Waals surface area contributed by atoms with Crippen LogP contribution in [-0.2, 0) is 0 Å². The molecule has 2 heteroatoms. The molecule has 2 aromatic rings. The minimum atomic E-state index is 0.692. The third kappa shape index (κ3) is 3.34. The fraction of sp³-hybridized carbons (Fsp3) is 0.200. The zero-order chi connectivity index (χ0) is 12.3. The van der Waals surface area contributed by atoms with Gasteiger partial charge in [-0.3, -0.25) is 0 Å². The minimum absolute atomic E-state index is 0.692. The molecular weight excluding hydrogens is 276 g/mol. The highest BCUT2D eigenvalue weighted by Crippen LogP contribution is 2.24. The van der Waals surface area contributed by atoms with E-state index in [-0.39, 0.29) is 0 Å². The summed E-state index contributed by atoms with van der Waals surface area (Å²) in [6.07, 6.45) is 0.901. The van der Waals surface area contributed by atoms with Gasteiger partial charge in [-0.25, -0.2) is 0 Å². The largest absolute Gasteiger partial charge is 0.493 e. The third-order valence-electron chi connectivity index (χ3n) is 2.57. The van der Waals surface area contributed by atoms with Crippen LogP contribution in [0.5, 0.6) is 5.75 Å². The van der Waals surface area contributed by atoms with Crippen molar-refractivity contribution in [3.8, 4) is 5.75 Å². The lowest BCUT2D eigenvalue weighted by Crippen LogP contribution is -1.97. The van der Waals surface area contributed by atoms with Crippen molar-refractivity contribution in [3.05, 3.63) is 53.0 Å². The molecule has 0 spiro atoms. The second kappa shape index (κ2) is 5.37. The Morgan fingerprint density at radius 3 is 2.65 bits per heavy atom. The lowest BCUT2D eigenvalue weighted by atomic mass is 10.1. The molecule has 0 aliphatic heterocycles. The van der Waals surface area contributed by atoms with Crippen LogP contribution in [0, 0.1) is 0 Å². The normalized spacial score (nSPS) is 10.5. The Bertz CT molecular complexity index is 546. The van der Waals surface area contributed by atoms with Gasteiger partial charge in [-0.1, -0.05) is 33.6 Å². The lowest BCUT2D eigenvalue weighted by molar-refractivity contribution is 0.322. The molecule has 0 unspecified atom stereocenters. The first-order valence-corrected chi connectivity index (χ1v) is 6.41. The topological polar surface area (TPSA) is 9.23 Å². The summed E-state index contributed by atoms with van der Waals surface area (Å²) in [4.78, 5) is 0. The van der Waals surface area contributed by atoms with Crippen molar-refractivity contribution in [2.45, 2.75) is 13.3 Å². The number of rotatable bonds is 4. The van der Waals surface area contributed by atoms with Gasteiger partial charge in [0, 0.05) is 10.9 Å². The van der Waals surface area contributed by atoms with Gasteiger partial charge in [-0.05, 0) is 42.0 Å². The fourth-order valence-corrected chi connectivity index (χ4v) is 2.01. The first-order chi connectivity index (χ1) is 8.15. The molecule has 0 heterocycles. The van der Waals surface area contributed by atoms with Crippen molar-refractivity contribution in [2.24, 2.45) is 0 Å². The number of halogens is 1. The van der Waals surface area contributed by atoms with Crippen LogP contribution in [0.15, 0.2) is 53.0 Å². The van der Waals surface area contributed by atoms with Gasteiger partial charge in [0.1, 0.15) is 5.75 Å². The smallest absolute Gasteiger partial charge is 0.119 e. The lowest BCUT2D eigenvalue weighted by Gasteiger charge is -2.07. The van der Waals surface area contributed by atoms with E-state index >= 15 is 0 Å². The van der Waals surface area contributed by atoms with Gasteiger partial charge < -0.3 is 4.74 Å². The van der Waals surface area contributed by atoms with E-state index < -0.39 is 0 Å². The monoisotopic (exact) mass is 290 g/mol. The van der Waals surface area contributed by atoms with Crippen molar-refractivity contribution in [3.63, 3.8) is 0 Å². The summed E-state index contributed by atoms with van der Waals surface area (Å²) in [7, 11) is 0. The van der Waals surface area contributed by atoms with E-state index in [1.54, 1.807) is 0 Å². The standard InChI is InChI=1S/C15H15BrO/c1-11(2)7-8-17-15-6-4-12-9-14(16)5-3-13(12)10-15/h3-6,9-10H,1,7-8H2,2H3. The Kier molecular flexibility index (Phi) is 3.85. The summed E-state index contributed by atoms with van der Waals surface area (Å²) in [5.74, 6) is 0.918. The van der Waals surface area contributed by atoms with E-state index in [2.05, 4.69) is 46.8 Å². The van der Waals surface area contributed by atoms with Crippen molar-refractivity contribution in [1.29, 1.82) is 0 Å². The molecule has 1 nitrogen and oxygen atoms in total. The van der Waals surface area contributed by atoms with Crippen molar-refractivity contribution in [1.82, 2.24) is 0 Å². The molecule has 0 fully saturated rings. The number of fused-ring (bicyclic) bond motifs is 1. The molecule has 0 saturated carbocycles. The van der Waals surface area contributed by atoms with Gasteiger partial charge in [-0.2, -0.15) is 0 Å². The van der Waals surface area contributed by atoms with E-state index in [0.717, 1.165) is 22.2 Å². The molecule has 0 radical (unpaired) electrons. The van der Waals surface area contributed by atoms with Gasteiger partial charge in [0.2, 0.25) is 0 Å². The summed E-state index contributed by atoms with van der Waals surface area (Å²) >= 11 is 3.47. The molecule has 0 bridgehead atoms. The first-order valence-electron chi connectivity index (χ1n) is 5.61. The summed E-state index contributed by atoms with van der Waals surface area (Å²) in [6.45, 7) is 6.57. The van der Waals surface area contributed by atoms with Crippen LogP contribution in [0.3, 0.4) is 0 Å². The average Bonchev–Trinajstić information content (AvgIpc) is 2.29. The second-order valence-electron chi connectivity index (χ2n) is 4.21. The van der Waals surface area contributed by atoms with Crippen LogP contribution in [-0.4, -0.2) is 6.61 Å². The van der Waals surface area contributed by atoms with E-state index in [0.29, 0.717) is 6.61 Å². The number of hydrogen-bond donors (Lipinski definition) is 0. The second-order valence-corrected chi connectivity index (χ2v) is 5.12. The summed E-state index contributed by atoms with van der Waals surface area (Å²) in [5, 5.41) is 2.41. The maximum Gasteiger partial charge on any atom is 0.119 e. The fourth-order valence-electron chi connectivity index (χ4n) is 1.63. The zero-order valence-corrected chi connectivity index (χ0v) is 11.5. The maximum absolute atomic E-state index is 5.68. The van der Waals surface area contributed by atoms with Crippen LogP contribution in [0.4, 0.5) is 0 Å². The van der Waals surface area contributed by atoms with Crippen LogP contribution in [0.1, 0.15) is 13.3 Å². The summed E-state index contributed by atoms with van der Waals surface area (Å²) in [5.41, 5.74) is 1.15. The maximum atomic E-state index is 5.68. The molecule has 88 valence electrons. The molecular formula is C15H15BrO. The Labute approximate surface area is 110 Å². The molecule has 2 aromatic carbocycles. The van der Waals surface area contributed by atoms with Crippen LogP contribution in [0.2, 0.25) is 0 Å². The van der Waals surface area contributed by atoms with Crippen LogP contribution >= 0.6 is 15.9 Å². The number of benzene rings is 2. The Balaban J connectivity index is 2.14. The van der Waals surface area contributed by atoms with Gasteiger partial charge in [0.15, 0.2) is 0 Å². The third-order valence-corrected chi connectivity index (χ3v) is 3.06. The first kappa shape index (κ1) is 12.2. The van der Waals surface area contributed by atoms with E-state index in [4.69, 9.17) is 4.74 Å². The highest BCUT2D eigenvalue weighted by atomic mass is 79.9. The van der Waals surface area contributed by atoms with Crippen molar-refractivity contribution >= 4 is 26.7 Å². The van der Waals surface area contributed by atoms with Crippen molar-refractivity contribution in [2.75, 3.05) is 6.61 Å². The van der Waals surface area contributed by atoms with Crippen LogP contribution < -0.4 is 4.74 Å². The van der Waals surface area contributed by atoms with E-state index in [1.807, 2.05) is 19.1 Å². The molecule has 0 amide bonds. The average molecular weight is 291 g/mol. The predicted octanol–water partition coefficient (Wildman–Crippen LogP) is 4.95. The SMILES string of the molecule is C=C(C)CCOc1ccc2cc(Br)ccc2c1.